The van der Waals surface area contributed by atoms with Gasteiger partial charge in [0.05, 0.1) is 12.6 Å². The van der Waals surface area contributed by atoms with Crippen molar-refractivity contribution < 1.29 is 5.11 Å². The Morgan fingerprint density at radius 3 is 2.35 bits per heavy atom. The van der Waals surface area contributed by atoms with Crippen LogP contribution < -0.4 is 5.32 Å². The van der Waals surface area contributed by atoms with Gasteiger partial charge in [0.1, 0.15) is 11.0 Å². The third-order valence-electron chi connectivity index (χ3n) is 2.46. The average molecular weight is 234 g/mol. The van der Waals surface area contributed by atoms with Crippen LogP contribution in [0.15, 0.2) is 24.3 Å². The van der Waals surface area contributed by atoms with Gasteiger partial charge in [-0.1, -0.05) is 26.0 Å². The van der Waals surface area contributed by atoms with Crippen LogP contribution in [0.3, 0.4) is 0 Å². The monoisotopic (exact) mass is 234 g/mol. The second-order valence-corrected chi connectivity index (χ2v) is 4.46. The maximum absolute atomic E-state index is 9.81. The van der Waals surface area contributed by atoms with Gasteiger partial charge in [-0.15, -0.1) is 0 Å². The van der Waals surface area contributed by atoms with Crippen LogP contribution in [0.5, 0.6) is 0 Å². The molecule has 0 aliphatic heterocycles. The molecule has 0 aliphatic rings. The van der Waals surface area contributed by atoms with Crippen molar-refractivity contribution in [3.63, 3.8) is 0 Å². The molecule has 1 unspecified atom stereocenters. The number of nitrogens with zero attached hydrogens (tertiary/aromatic N) is 3. The Morgan fingerprint density at radius 2 is 1.82 bits per heavy atom. The van der Waals surface area contributed by atoms with Crippen LogP contribution in [0.2, 0.25) is 0 Å². The minimum absolute atomic E-state index is 0.370. The van der Waals surface area contributed by atoms with Gasteiger partial charge in [0.25, 0.3) is 0 Å². The van der Waals surface area contributed by atoms with Crippen molar-refractivity contribution in [3.05, 3.63) is 24.3 Å². The van der Waals surface area contributed by atoms with Gasteiger partial charge in [-0.25, -0.2) is 0 Å². The van der Waals surface area contributed by atoms with E-state index in [1.165, 1.54) is 0 Å². The van der Waals surface area contributed by atoms with Gasteiger partial charge in [0, 0.05) is 12.6 Å². The molecule has 0 aliphatic carbocycles. The van der Waals surface area contributed by atoms with Gasteiger partial charge in [0.2, 0.25) is 0 Å². The van der Waals surface area contributed by atoms with E-state index in [9.17, 15) is 5.11 Å². The molecule has 1 atom stereocenters. The largest absolute Gasteiger partial charge is 0.390 e. The zero-order valence-electron chi connectivity index (χ0n) is 10.2. The van der Waals surface area contributed by atoms with E-state index in [0.29, 0.717) is 19.1 Å². The topological polar surface area (TPSA) is 63.0 Å². The highest BCUT2D eigenvalue weighted by Crippen LogP contribution is 2.07. The predicted octanol–water partition coefficient (Wildman–Crippen LogP) is 0.790. The van der Waals surface area contributed by atoms with E-state index in [-0.39, 0.29) is 0 Å². The summed E-state index contributed by atoms with van der Waals surface area (Å²) in [6.07, 6.45) is -0.473. The van der Waals surface area contributed by atoms with Crippen LogP contribution in [-0.4, -0.2) is 38.8 Å². The van der Waals surface area contributed by atoms with Gasteiger partial charge >= 0.3 is 0 Å². The lowest BCUT2D eigenvalue weighted by atomic mass is 10.3. The molecule has 0 amide bonds. The van der Waals surface area contributed by atoms with Gasteiger partial charge < -0.3 is 10.4 Å². The van der Waals surface area contributed by atoms with E-state index in [1.54, 1.807) is 4.80 Å². The Labute approximate surface area is 100 Å². The van der Waals surface area contributed by atoms with Crippen molar-refractivity contribution in [2.75, 3.05) is 6.54 Å². The first-order chi connectivity index (χ1) is 8.15. The molecule has 17 heavy (non-hydrogen) atoms. The minimum Gasteiger partial charge on any atom is -0.390 e. The van der Waals surface area contributed by atoms with Crippen molar-refractivity contribution in [3.8, 4) is 0 Å². The number of rotatable bonds is 5. The van der Waals surface area contributed by atoms with Crippen LogP contribution >= 0.6 is 0 Å². The van der Waals surface area contributed by atoms with Crippen molar-refractivity contribution in [2.45, 2.75) is 32.5 Å². The van der Waals surface area contributed by atoms with E-state index < -0.39 is 6.10 Å². The SMILES string of the molecule is CC(C)NCC(O)Cn1nc2ccccc2n1. The summed E-state index contributed by atoms with van der Waals surface area (Å²) in [7, 11) is 0. The Kier molecular flexibility index (Phi) is 3.71. The summed E-state index contributed by atoms with van der Waals surface area (Å²) in [5.74, 6) is 0. The maximum atomic E-state index is 9.81. The smallest absolute Gasteiger partial charge is 0.113 e. The van der Waals surface area contributed by atoms with Gasteiger partial charge in [-0.05, 0) is 12.1 Å². The maximum Gasteiger partial charge on any atom is 0.113 e. The number of fused-ring (bicyclic) bond motifs is 1. The zero-order chi connectivity index (χ0) is 12.3. The van der Waals surface area contributed by atoms with Crippen LogP contribution in [0, 0.1) is 0 Å². The molecule has 2 rings (SSSR count). The first-order valence-corrected chi connectivity index (χ1v) is 5.86. The molecule has 0 spiro atoms. The first kappa shape index (κ1) is 12.0. The Bertz CT molecular complexity index is 447. The summed E-state index contributed by atoms with van der Waals surface area (Å²) in [5, 5.41) is 21.6. The molecule has 2 N–H and O–H groups in total. The summed E-state index contributed by atoms with van der Waals surface area (Å²) >= 11 is 0. The van der Waals surface area contributed by atoms with Gasteiger partial charge in [-0.2, -0.15) is 15.0 Å². The molecule has 2 aromatic rings. The van der Waals surface area contributed by atoms with Gasteiger partial charge in [0.15, 0.2) is 0 Å². The third kappa shape index (κ3) is 3.25. The molecule has 0 saturated heterocycles. The van der Waals surface area contributed by atoms with Gasteiger partial charge in [-0.3, -0.25) is 0 Å². The molecule has 1 heterocycles. The number of hydrogen-bond acceptors (Lipinski definition) is 4. The fourth-order valence-electron chi connectivity index (χ4n) is 1.61. The van der Waals surface area contributed by atoms with E-state index >= 15 is 0 Å². The van der Waals surface area contributed by atoms with Crippen molar-refractivity contribution in [2.24, 2.45) is 0 Å². The summed E-state index contributed by atoms with van der Waals surface area (Å²) in [5.41, 5.74) is 1.72. The molecule has 1 aromatic carbocycles. The molecule has 0 fully saturated rings. The minimum atomic E-state index is -0.473. The third-order valence-corrected chi connectivity index (χ3v) is 2.46. The number of nitrogens with one attached hydrogen (secondary N) is 1. The molecule has 5 nitrogen and oxygen atoms in total. The van der Waals surface area contributed by atoms with Crippen LogP contribution in [0.4, 0.5) is 0 Å². The van der Waals surface area contributed by atoms with E-state index in [0.717, 1.165) is 11.0 Å². The van der Waals surface area contributed by atoms with E-state index in [4.69, 9.17) is 0 Å². The standard InChI is InChI=1S/C12H18N4O/c1-9(2)13-7-10(17)8-16-14-11-5-3-4-6-12(11)15-16/h3-6,9-10,13,17H,7-8H2,1-2H3. The van der Waals surface area contributed by atoms with Crippen molar-refractivity contribution in [1.29, 1.82) is 0 Å². The van der Waals surface area contributed by atoms with E-state index in [1.807, 2.05) is 38.1 Å². The summed E-state index contributed by atoms with van der Waals surface area (Å²) < 4.78 is 0. The quantitative estimate of drug-likeness (QED) is 0.803. The van der Waals surface area contributed by atoms with Crippen LogP contribution in [0.1, 0.15) is 13.8 Å². The molecular weight excluding hydrogens is 216 g/mol. The van der Waals surface area contributed by atoms with Crippen molar-refractivity contribution >= 4 is 11.0 Å². The predicted molar refractivity (Wildman–Crippen MR) is 66.7 cm³/mol. The summed E-state index contributed by atoms with van der Waals surface area (Å²) in [6, 6.07) is 8.06. The highest BCUT2D eigenvalue weighted by atomic mass is 16.3. The molecule has 1 aromatic heterocycles. The Hall–Kier alpha value is -1.46. The second-order valence-electron chi connectivity index (χ2n) is 4.46. The number of aliphatic hydroxyl groups excluding tert-OH is 1. The fourth-order valence-corrected chi connectivity index (χ4v) is 1.61. The zero-order valence-corrected chi connectivity index (χ0v) is 10.2. The Balaban J connectivity index is 1.98. The second kappa shape index (κ2) is 5.25. The molecule has 5 heteroatoms. The average Bonchev–Trinajstić information content (AvgIpc) is 2.68. The van der Waals surface area contributed by atoms with Crippen molar-refractivity contribution in [1.82, 2.24) is 20.3 Å². The van der Waals surface area contributed by atoms with Crippen LogP contribution in [-0.2, 0) is 6.54 Å². The summed E-state index contributed by atoms with van der Waals surface area (Å²) in [6.45, 7) is 5.06. The molecule has 0 radical (unpaired) electrons. The van der Waals surface area contributed by atoms with Crippen LogP contribution in [0.25, 0.3) is 11.0 Å². The Morgan fingerprint density at radius 1 is 1.24 bits per heavy atom. The molecule has 0 bridgehead atoms. The lowest BCUT2D eigenvalue weighted by molar-refractivity contribution is 0.139. The fraction of sp³-hybridized carbons (Fsp3) is 0.500. The van der Waals surface area contributed by atoms with E-state index in [2.05, 4.69) is 15.5 Å². The lowest BCUT2D eigenvalue weighted by Gasteiger charge is -2.13. The molecule has 0 saturated carbocycles. The number of aliphatic hydroxyl groups is 1. The first-order valence-electron chi connectivity index (χ1n) is 5.86. The highest BCUT2D eigenvalue weighted by molar-refractivity contribution is 5.72. The molecule has 92 valence electrons. The number of hydrogen-bond donors (Lipinski definition) is 2. The normalized spacial score (nSPS) is 13.4. The highest BCUT2D eigenvalue weighted by Gasteiger charge is 2.08. The summed E-state index contributed by atoms with van der Waals surface area (Å²) in [4.78, 5) is 1.55. The molecular formula is C12H18N4O. The lowest BCUT2D eigenvalue weighted by Crippen LogP contribution is -2.34. The number of aromatic nitrogens is 3. The number of benzene rings is 1.